The number of carbonyl (C=O) groups is 1. The van der Waals surface area contributed by atoms with Crippen LogP contribution >= 0.6 is 11.6 Å². The molecule has 0 saturated heterocycles. The molecule has 0 fully saturated rings. The third-order valence-corrected chi connectivity index (χ3v) is 4.51. The molecule has 1 N–H and O–H groups in total. The van der Waals surface area contributed by atoms with E-state index in [1.165, 1.54) is 38.6 Å². The Bertz CT molecular complexity index is 1050. The zero-order chi connectivity index (χ0) is 21.6. The quantitative estimate of drug-likeness (QED) is 0.421. The Kier molecular flexibility index (Phi) is 7.53. The lowest BCUT2D eigenvalue weighted by Gasteiger charge is -2.14. The van der Waals surface area contributed by atoms with Crippen molar-refractivity contribution in [2.75, 3.05) is 20.8 Å². The van der Waals surface area contributed by atoms with E-state index in [0.29, 0.717) is 18.1 Å². The fourth-order valence-corrected chi connectivity index (χ4v) is 2.89. The van der Waals surface area contributed by atoms with Gasteiger partial charge in [0.1, 0.15) is 11.6 Å². The average Bonchev–Trinajstić information content (AvgIpc) is 2.70. The molecule has 0 aliphatic heterocycles. The standard InChI is InChI=1S/C20H20ClN3O5/c1-12-15(10-22)18(25)24(7-4-8-28-2)19(26)16(12)11-23-17-9-13(21)5-6-14(17)20(27)29-3/h5-6,9,11,26H,4,7-8H2,1-3H3. The molecule has 152 valence electrons. The largest absolute Gasteiger partial charge is 0.494 e. The number of esters is 1. The van der Waals surface area contributed by atoms with Crippen LogP contribution in [0.25, 0.3) is 0 Å². The summed E-state index contributed by atoms with van der Waals surface area (Å²) in [4.78, 5) is 28.7. The lowest BCUT2D eigenvalue weighted by molar-refractivity contribution is 0.0601. The van der Waals surface area contributed by atoms with Crippen LogP contribution < -0.4 is 5.56 Å². The summed E-state index contributed by atoms with van der Waals surface area (Å²) in [6, 6.07) is 6.34. The molecule has 0 spiro atoms. The molecule has 0 unspecified atom stereocenters. The minimum absolute atomic E-state index is 0.0963. The molecular weight excluding hydrogens is 398 g/mol. The number of pyridine rings is 1. The first-order chi connectivity index (χ1) is 13.8. The number of rotatable bonds is 7. The zero-order valence-corrected chi connectivity index (χ0v) is 17.0. The monoisotopic (exact) mass is 417 g/mol. The molecule has 0 atom stereocenters. The van der Waals surface area contributed by atoms with Crippen LogP contribution in [0, 0.1) is 18.3 Å². The van der Waals surface area contributed by atoms with Crippen LogP contribution in [0.5, 0.6) is 5.88 Å². The normalized spacial score (nSPS) is 10.9. The van der Waals surface area contributed by atoms with Gasteiger partial charge >= 0.3 is 5.97 Å². The van der Waals surface area contributed by atoms with Gasteiger partial charge < -0.3 is 14.6 Å². The van der Waals surface area contributed by atoms with Crippen molar-refractivity contribution in [2.24, 2.45) is 4.99 Å². The van der Waals surface area contributed by atoms with Gasteiger partial charge in [-0.3, -0.25) is 14.4 Å². The van der Waals surface area contributed by atoms with E-state index >= 15 is 0 Å². The smallest absolute Gasteiger partial charge is 0.340 e. The molecule has 8 nitrogen and oxygen atoms in total. The summed E-state index contributed by atoms with van der Waals surface area (Å²) in [5.74, 6) is -0.926. The van der Waals surface area contributed by atoms with Gasteiger partial charge in [0.25, 0.3) is 5.56 Å². The van der Waals surface area contributed by atoms with Gasteiger partial charge in [-0.25, -0.2) is 4.79 Å². The Hall–Kier alpha value is -3.15. The predicted octanol–water partition coefficient (Wildman–Crippen LogP) is 2.96. The predicted molar refractivity (Wildman–Crippen MR) is 108 cm³/mol. The maximum absolute atomic E-state index is 12.5. The average molecular weight is 418 g/mol. The first-order valence-corrected chi connectivity index (χ1v) is 9.00. The molecule has 1 aromatic heterocycles. The fraction of sp³-hybridized carbons (Fsp3) is 0.300. The van der Waals surface area contributed by atoms with Gasteiger partial charge in [0.2, 0.25) is 5.88 Å². The van der Waals surface area contributed by atoms with Crippen molar-refractivity contribution in [2.45, 2.75) is 19.9 Å². The second kappa shape index (κ2) is 9.87. The second-order valence-corrected chi connectivity index (χ2v) is 6.50. The summed E-state index contributed by atoms with van der Waals surface area (Å²) in [7, 11) is 2.77. The van der Waals surface area contributed by atoms with Crippen molar-refractivity contribution in [1.82, 2.24) is 4.57 Å². The molecule has 0 bridgehead atoms. The highest BCUT2D eigenvalue weighted by Gasteiger charge is 2.18. The summed E-state index contributed by atoms with van der Waals surface area (Å²) < 4.78 is 10.8. The van der Waals surface area contributed by atoms with E-state index in [1.807, 2.05) is 6.07 Å². The molecule has 1 aromatic carbocycles. The maximum atomic E-state index is 12.5. The molecule has 29 heavy (non-hydrogen) atoms. The fourth-order valence-electron chi connectivity index (χ4n) is 2.73. The van der Waals surface area contributed by atoms with Crippen molar-refractivity contribution in [3.8, 4) is 11.9 Å². The minimum atomic E-state index is -0.600. The molecule has 9 heteroatoms. The van der Waals surface area contributed by atoms with Gasteiger partial charge in [0, 0.05) is 31.5 Å². The van der Waals surface area contributed by atoms with E-state index in [9.17, 15) is 20.0 Å². The summed E-state index contributed by atoms with van der Waals surface area (Å²) >= 11 is 6.00. The van der Waals surface area contributed by atoms with Crippen molar-refractivity contribution < 1.29 is 19.4 Å². The lowest BCUT2D eigenvalue weighted by atomic mass is 10.1. The molecule has 0 aliphatic carbocycles. The topological polar surface area (TPSA) is 114 Å². The zero-order valence-electron chi connectivity index (χ0n) is 16.2. The summed E-state index contributed by atoms with van der Waals surface area (Å²) in [5.41, 5.74) is 0.186. The van der Waals surface area contributed by atoms with Crippen molar-refractivity contribution in [3.63, 3.8) is 0 Å². The number of hydrogen-bond donors (Lipinski definition) is 1. The molecule has 0 radical (unpaired) electrons. The molecule has 0 amide bonds. The van der Waals surface area contributed by atoms with Crippen molar-refractivity contribution in [3.05, 3.63) is 55.8 Å². The van der Waals surface area contributed by atoms with E-state index in [1.54, 1.807) is 6.92 Å². The molecule has 0 saturated carbocycles. The number of nitrogens with zero attached hydrogens (tertiary/aromatic N) is 3. The first kappa shape index (κ1) is 22.1. The Morgan fingerprint density at radius 1 is 1.41 bits per heavy atom. The third-order valence-electron chi connectivity index (χ3n) is 4.27. The van der Waals surface area contributed by atoms with E-state index < -0.39 is 11.5 Å². The number of methoxy groups -OCH3 is 2. The Morgan fingerprint density at radius 2 is 2.14 bits per heavy atom. The van der Waals surface area contributed by atoms with Gasteiger partial charge in [-0.15, -0.1) is 0 Å². The Morgan fingerprint density at radius 3 is 2.76 bits per heavy atom. The molecular formula is C20H20ClN3O5. The highest BCUT2D eigenvalue weighted by molar-refractivity contribution is 6.31. The SMILES string of the molecule is COCCCn1c(O)c(C=Nc2cc(Cl)ccc2C(=O)OC)c(C)c(C#N)c1=O. The van der Waals surface area contributed by atoms with Gasteiger partial charge in [-0.1, -0.05) is 11.6 Å². The molecule has 2 aromatic rings. The lowest BCUT2D eigenvalue weighted by Crippen LogP contribution is -2.26. The number of benzene rings is 1. The first-order valence-electron chi connectivity index (χ1n) is 8.63. The van der Waals surface area contributed by atoms with E-state index in [2.05, 4.69) is 4.99 Å². The highest BCUT2D eigenvalue weighted by atomic mass is 35.5. The molecule has 0 aliphatic rings. The van der Waals surface area contributed by atoms with Gasteiger partial charge in [-0.05, 0) is 37.1 Å². The van der Waals surface area contributed by atoms with E-state index in [0.717, 1.165) is 4.57 Å². The van der Waals surface area contributed by atoms with Crippen LogP contribution in [-0.4, -0.2) is 42.7 Å². The number of carbonyl (C=O) groups excluding carboxylic acids is 1. The number of aromatic nitrogens is 1. The van der Waals surface area contributed by atoms with E-state index in [4.69, 9.17) is 21.1 Å². The molecule has 1 heterocycles. The van der Waals surface area contributed by atoms with Crippen LogP contribution in [0.15, 0.2) is 28.0 Å². The minimum Gasteiger partial charge on any atom is -0.494 e. The van der Waals surface area contributed by atoms with Crippen LogP contribution in [0.2, 0.25) is 5.02 Å². The number of hydrogen-bond acceptors (Lipinski definition) is 7. The number of aromatic hydroxyl groups is 1. The van der Waals surface area contributed by atoms with Crippen LogP contribution in [0.4, 0.5) is 5.69 Å². The molecule has 2 rings (SSSR count). The van der Waals surface area contributed by atoms with Gasteiger partial charge in [0.15, 0.2) is 0 Å². The van der Waals surface area contributed by atoms with Gasteiger partial charge in [-0.2, -0.15) is 5.26 Å². The summed E-state index contributed by atoms with van der Waals surface area (Å²) in [5, 5.41) is 20.4. The maximum Gasteiger partial charge on any atom is 0.340 e. The number of nitriles is 1. The van der Waals surface area contributed by atoms with Crippen molar-refractivity contribution in [1.29, 1.82) is 5.26 Å². The highest BCUT2D eigenvalue weighted by Crippen LogP contribution is 2.26. The van der Waals surface area contributed by atoms with Crippen LogP contribution in [0.3, 0.4) is 0 Å². The van der Waals surface area contributed by atoms with E-state index in [-0.39, 0.29) is 40.4 Å². The second-order valence-electron chi connectivity index (χ2n) is 6.06. The van der Waals surface area contributed by atoms with Crippen molar-refractivity contribution >= 4 is 29.5 Å². The summed E-state index contributed by atoms with van der Waals surface area (Å²) in [6.07, 6.45) is 1.76. The van der Waals surface area contributed by atoms with Crippen LogP contribution in [-0.2, 0) is 16.0 Å². The number of halogens is 1. The number of aliphatic imine (C=N–C) groups is 1. The summed E-state index contributed by atoms with van der Waals surface area (Å²) in [6.45, 7) is 2.09. The van der Waals surface area contributed by atoms with Crippen LogP contribution in [0.1, 0.15) is 33.5 Å². The third kappa shape index (κ3) is 4.83. The number of ether oxygens (including phenoxy) is 2. The Balaban J connectivity index is 2.60. The van der Waals surface area contributed by atoms with Gasteiger partial charge in [0.05, 0.1) is 23.9 Å². The Labute approximate surface area is 172 Å².